The summed E-state index contributed by atoms with van der Waals surface area (Å²) in [6.45, 7) is 1.10. The van der Waals surface area contributed by atoms with E-state index < -0.39 is 0 Å². The summed E-state index contributed by atoms with van der Waals surface area (Å²) in [6.07, 6.45) is 0.623. The molecule has 3 rings (SSSR count). The molecule has 1 unspecified atom stereocenters. The van der Waals surface area contributed by atoms with Gasteiger partial charge in [0.2, 0.25) is 11.8 Å². The van der Waals surface area contributed by atoms with Crippen LogP contribution in [0, 0.1) is 0 Å². The maximum Gasteiger partial charge on any atom is 0.321 e. The lowest BCUT2D eigenvalue weighted by Gasteiger charge is -2.18. The quantitative estimate of drug-likeness (QED) is 0.895. The summed E-state index contributed by atoms with van der Waals surface area (Å²) in [5.41, 5.74) is 0.690. The zero-order chi connectivity index (χ0) is 17.6. The van der Waals surface area contributed by atoms with Gasteiger partial charge in [0, 0.05) is 36.9 Å². The van der Waals surface area contributed by atoms with Crippen LogP contribution < -0.4 is 19.5 Å². The Labute approximate surface area is 145 Å². The minimum atomic E-state index is -0.167. The van der Waals surface area contributed by atoms with E-state index in [-0.39, 0.29) is 12.1 Å². The third kappa shape index (κ3) is 4.28. The molecule has 2 amide bonds. The summed E-state index contributed by atoms with van der Waals surface area (Å²) in [6, 6.07) is 10.5. The van der Waals surface area contributed by atoms with Crippen LogP contribution in [0.3, 0.4) is 0 Å². The van der Waals surface area contributed by atoms with Gasteiger partial charge in [-0.2, -0.15) is 0 Å². The smallest absolute Gasteiger partial charge is 0.321 e. The van der Waals surface area contributed by atoms with Crippen molar-refractivity contribution in [2.45, 2.75) is 12.5 Å². The predicted octanol–water partition coefficient (Wildman–Crippen LogP) is 2.18. The largest absolute Gasteiger partial charge is 0.497 e. The maximum atomic E-state index is 12.4. The van der Waals surface area contributed by atoms with Gasteiger partial charge in [-0.3, -0.25) is 0 Å². The van der Waals surface area contributed by atoms with Gasteiger partial charge in [-0.15, -0.1) is 10.2 Å². The number of ether oxygens (including phenoxy) is 3. The van der Waals surface area contributed by atoms with Gasteiger partial charge in [0.1, 0.15) is 11.9 Å². The number of anilines is 1. The topological polar surface area (TPSA) is 85.8 Å². The van der Waals surface area contributed by atoms with Gasteiger partial charge >= 0.3 is 6.03 Å². The number of benzene rings is 1. The first kappa shape index (κ1) is 16.8. The molecular weight excluding hydrogens is 324 g/mol. The number of methoxy groups -OCH3 is 2. The predicted molar refractivity (Wildman–Crippen MR) is 91.2 cm³/mol. The number of likely N-dealkylation sites (tertiary alicyclic amines) is 1. The van der Waals surface area contributed by atoms with Crippen LogP contribution in [0.1, 0.15) is 6.42 Å². The molecule has 1 N–H and O–H groups in total. The molecule has 8 heteroatoms. The van der Waals surface area contributed by atoms with Crippen molar-refractivity contribution in [2.24, 2.45) is 0 Å². The number of hydrogen-bond acceptors (Lipinski definition) is 6. The van der Waals surface area contributed by atoms with Gasteiger partial charge in [0.25, 0.3) is 0 Å². The Morgan fingerprint density at radius 2 is 1.96 bits per heavy atom. The van der Waals surface area contributed by atoms with E-state index >= 15 is 0 Å². The van der Waals surface area contributed by atoms with Gasteiger partial charge in [-0.05, 0) is 12.1 Å². The third-order valence-electron chi connectivity index (χ3n) is 3.87. The molecule has 1 aromatic heterocycles. The number of carbonyl (C=O) groups is 1. The second-order valence-corrected chi connectivity index (χ2v) is 5.55. The van der Waals surface area contributed by atoms with Crippen molar-refractivity contribution < 1.29 is 19.0 Å². The molecule has 1 saturated heterocycles. The van der Waals surface area contributed by atoms with Crippen LogP contribution in [-0.2, 0) is 0 Å². The van der Waals surface area contributed by atoms with Crippen LogP contribution in [0.15, 0.2) is 36.4 Å². The summed E-state index contributed by atoms with van der Waals surface area (Å²) < 4.78 is 15.9. The standard InChI is InChI=1S/C17H20N4O4/c1-23-13-5-3-4-12(10-13)18-17(22)21-9-8-14(11-21)25-16-7-6-15(24-2)19-20-16/h3-7,10,14H,8-9,11H2,1-2H3,(H,18,22). The second kappa shape index (κ2) is 7.69. The first-order valence-corrected chi connectivity index (χ1v) is 7.92. The van der Waals surface area contributed by atoms with Gasteiger partial charge in [-0.1, -0.05) is 6.07 Å². The molecule has 2 aromatic rings. The Balaban J connectivity index is 1.53. The SMILES string of the molecule is COc1cccc(NC(=O)N2CCC(Oc3ccc(OC)nn3)C2)c1. The Kier molecular flexibility index (Phi) is 5.17. The zero-order valence-corrected chi connectivity index (χ0v) is 14.1. The van der Waals surface area contributed by atoms with E-state index in [1.54, 1.807) is 30.2 Å². The van der Waals surface area contributed by atoms with E-state index in [1.807, 2.05) is 18.2 Å². The van der Waals surface area contributed by atoms with Crippen molar-refractivity contribution in [3.8, 4) is 17.5 Å². The molecule has 1 atom stereocenters. The average Bonchev–Trinajstić information content (AvgIpc) is 3.11. The van der Waals surface area contributed by atoms with Crippen LogP contribution in [0.2, 0.25) is 0 Å². The summed E-state index contributed by atoms with van der Waals surface area (Å²) in [7, 11) is 3.12. The van der Waals surface area contributed by atoms with E-state index in [9.17, 15) is 4.79 Å². The fourth-order valence-electron chi connectivity index (χ4n) is 2.56. The molecule has 1 fully saturated rings. The van der Waals surface area contributed by atoms with Crippen LogP contribution >= 0.6 is 0 Å². The van der Waals surface area contributed by atoms with Gasteiger partial charge < -0.3 is 24.4 Å². The summed E-state index contributed by atoms with van der Waals surface area (Å²) in [4.78, 5) is 14.1. The lowest BCUT2D eigenvalue weighted by molar-refractivity contribution is 0.188. The summed E-state index contributed by atoms with van der Waals surface area (Å²) in [5, 5.41) is 10.7. The highest BCUT2D eigenvalue weighted by Crippen LogP contribution is 2.20. The van der Waals surface area contributed by atoms with Crippen LogP contribution in [0.4, 0.5) is 10.5 Å². The highest BCUT2D eigenvalue weighted by molar-refractivity contribution is 5.89. The molecular formula is C17H20N4O4. The molecule has 25 heavy (non-hydrogen) atoms. The molecule has 0 spiro atoms. The molecule has 0 aliphatic carbocycles. The number of amides is 2. The normalized spacial score (nSPS) is 16.4. The van der Waals surface area contributed by atoms with Gasteiger partial charge in [0.15, 0.2) is 0 Å². The van der Waals surface area contributed by atoms with Crippen molar-refractivity contribution in [3.05, 3.63) is 36.4 Å². The van der Waals surface area contributed by atoms with Crippen molar-refractivity contribution in [1.82, 2.24) is 15.1 Å². The number of nitrogens with one attached hydrogen (secondary N) is 1. The van der Waals surface area contributed by atoms with Gasteiger partial charge in [0.05, 0.1) is 20.8 Å². The van der Waals surface area contributed by atoms with E-state index in [0.717, 1.165) is 6.42 Å². The third-order valence-corrected chi connectivity index (χ3v) is 3.87. The van der Waals surface area contributed by atoms with Crippen LogP contribution in [0.25, 0.3) is 0 Å². The molecule has 0 bridgehead atoms. The zero-order valence-electron chi connectivity index (χ0n) is 14.1. The minimum absolute atomic E-state index is 0.112. The second-order valence-electron chi connectivity index (χ2n) is 5.55. The van der Waals surface area contributed by atoms with Gasteiger partial charge in [-0.25, -0.2) is 4.79 Å². The molecule has 1 aliphatic heterocycles. The van der Waals surface area contributed by atoms with E-state index in [1.165, 1.54) is 7.11 Å². The van der Waals surface area contributed by atoms with Crippen LogP contribution in [-0.4, -0.2) is 54.5 Å². The molecule has 8 nitrogen and oxygen atoms in total. The number of urea groups is 1. The molecule has 132 valence electrons. The average molecular weight is 344 g/mol. The highest BCUT2D eigenvalue weighted by atomic mass is 16.5. The molecule has 2 heterocycles. The highest BCUT2D eigenvalue weighted by Gasteiger charge is 2.28. The van der Waals surface area contributed by atoms with E-state index in [4.69, 9.17) is 14.2 Å². The lowest BCUT2D eigenvalue weighted by Crippen LogP contribution is -2.34. The first-order valence-electron chi connectivity index (χ1n) is 7.92. The monoisotopic (exact) mass is 344 g/mol. The molecule has 1 aromatic carbocycles. The maximum absolute atomic E-state index is 12.4. The lowest BCUT2D eigenvalue weighted by atomic mass is 10.3. The van der Waals surface area contributed by atoms with E-state index in [2.05, 4.69) is 15.5 Å². The number of carbonyl (C=O) groups excluding carboxylic acids is 1. The van der Waals surface area contributed by atoms with Crippen molar-refractivity contribution in [2.75, 3.05) is 32.6 Å². The molecule has 0 saturated carbocycles. The van der Waals surface area contributed by atoms with Crippen molar-refractivity contribution in [3.63, 3.8) is 0 Å². The molecule has 0 radical (unpaired) electrons. The molecule has 1 aliphatic rings. The number of aromatic nitrogens is 2. The summed E-state index contributed by atoms with van der Waals surface area (Å²) >= 11 is 0. The minimum Gasteiger partial charge on any atom is -0.497 e. The summed E-state index contributed by atoms with van der Waals surface area (Å²) in [5.74, 6) is 1.54. The van der Waals surface area contributed by atoms with E-state index in [0.29, 0.717) is 36.3 Å². The van der Waals surface area contributed by atoms with Crippen molar-refractivity contribution >= 4 is 11.7 Å². The Morgan fingerprint density at radius 3 is 2.68 bits per heavy atom. The number of hydrogen-bond donors (Lipinski definition) is 1. The Bertz CT molecular complexity index is 723. The Hall–Kier alpha value is -3.03. The van der Waals surface area contributed by atoms with Crippen LogP contribution in [0.5, 0.6) is 17.5 Å². The Morgan fingerprint density at radius 1 is 1.16 bits per heavy atom. The fraction of sp³-hybridized carbons (Fsp3) is 0.353. The van der Waals surface area contributed by atoms with Crippen molar-refractivity contribution in [1.29, 1.82) is 0 Å². The first-order chi connectivity index (χ1) is 12.2. The number of nitrogens with zero attached hydrogens (tertiary/aromatic N) is 3. The number of rotatable bonds is 5. The fourth-order valence-corrected chi connectivity index (χ4v) is 2.56.